The van der Waals surface area contributed by atoms with Crippen LogP contribution < -0.4 is 10.1 Å². The number of carbonyl (C=O) groups is 1. The first-order chi connectivity index (χ1) is 11.6. The molecule has 1 N–H and O–H groups in total. The summed E-state index contributed by atoms with van der Waals surface area (Å²) in [6.07, 6.45) is 2.06. The maximum absolute atomic E-state index is 12.7. The molecule has 3 nitrogen and oxygen atoms in total. The number of ether oxygens (including phenoxy) is 1. The number of para-hydroxylation sites is 1. The van der Waals surface area contributed by atoms with Gasteiger partial charge in [0.25, 0.3) is 0 Å². The molecule has 0 aliphatic carbocycles. The predicted molar refractivity (Wildman–Crippen MR) is 100.0 cm³/mol. The second-order valence-electron chi connectivity index (χ2n) is 5.89. The van der Waals surface area contributed by atoms with Crippen LogP contribution in [-0.4, -0.2) is 24.8 Å². The molecule has 0 radical (unpaired) electrons. The van der Waals surface area contributed by atoms with Crippen molar-refractivity contribution in [3.05, 3.63) is 64.7 Å². The van der Waals surface area contributed by atoms with Gasteiger partial charge in [-0.25, -0.2) is 0 Å². The minimum atomic E-state index is -0.234. The molecule has 2 unspecified atom stereocenters. The fourth-order valence-electron chi connectivity index (χ4n) is 2.95. The maximum atomic E-state index is 12.7. The summed E-state index contributed by atoms with van der Waals surface area (Å²) in [7, 11) is 0. The molecule has 0 bridgehead atoms. The molecule has 5 heteroatoms. The second-order valence-corrected chi connectivity index (χ2v) is 7.31. The first-order valence-corrected chi connectivity index (χ1v) is 9.57. The molecule has 24 heavy (non-hydrogen) atoms. The van der Waals surface area contributed by atoms with Crippen LogP contribution in [0, 0.1) is 0 Å². The van der Waals surface area contributed by atoms with Crippen LogP contribution in [0.3, 0.4) is 0 Å². The highest BCUT2D eigenvalue weighted by molar-refractivity contribution is 7.98. The SMILES string of the molecule is CSC1c2ccccc2OCC1NC(=O)[C@@H](C)c1ccc(Cl)cc1. The molecule has 3 rings (SSSR count). The zero-order valence-corrected chi connectivity index (χ0v) is 15.2. The van der Waals surface area contributed by atoms with Gasteiger partial charge in [-0.3, -0.25) is 4.79 Å². The standard InChI is InChI=1S/C19H20ClNO2S/c1-12(13-7-9-14(20)10-8-13)19(22)21-16-11-23-17-6-4-3-5-15(17)18(16)24-2/h3-10,12,16,18H,11H2,1-2H3,(H,21,22)/t12-,16?,18?/m0/s1. The van der Waals surface area contributed by atoms with E-state index in [0.717, 1.165) is 16.9 Å². The van der Waals surface area contributed by atoms with Crippen molar-refractivity contribution in [1.29, 1.82) is 0 Å². The molecule has 0 fully saturated rings. The van der Waals surface area contributed by atoms with Gasteiger partial charge in [0.2, 0.25) is 5.91 Å². The van der Waals surface area contributed by atoms with Gasteiger partial charge in [0.05, 0.1) is 17.2 Å². The number of fused-ring (bicyclic) bond motifs is 1. The van der Waals surface area contributed by atoms with Crippen molar-refractivity contribution in [3.63, 3.8) is 0 Å². The number of carbonyl (C=O) groups excluding carboxylic acids is 1. The lowest BCUT2D eigenvalue weighted by Crippen LogP contribution is -2.46. The molecule has 1 heterocycles. The number of thioether (sulfide) groups is 1. The number of hydrogen-bond acceptors (Lipinski definition) is 3. The van der Waals surface area contributed by atoms with Crippen molar-refractivity contribution in [2.24, 2.45) is 0 Å². The summed E-state index contributed by atoms with van der Waals surface area (Å²) in [4.78, 5) is 12.7. The molecule has 0 saturated heterocycles. The Morgan fingerprint density at radius 2 is 1.96 bits per heavy atom. The van der Waals surface area contributed by atoms with E-state index < -0.39 is 0 Å². The Morgan fingerprint density at radius 1 is 1.25 bits per heavy atom. The minimum absolute atomic E-state index is 0.00403. The fraction of sp³-hybridized carbons (Fsp3) is 0.316. The molecule has 1 aliphatic rings. The van der Waals surface area contributed by atoms with Gasteiger partial charge in [-0.1, -0.05) is 41.9 Å². The van der Waals surface area contributed by atoms with Crippen LogP contribution in [0.2, 0.25) is 5.02 Å². The Labute approximate surface area is 151 Å². The third-order valence-electron chi connectivity index (χ3n) is 4.35. The topological polar surface area (TPSA) is 38.3 Å². The monoisotopic (exact) mass is 361 g/mol. The molecule has 0 aromatic heterocycles. The smallest absolute Gasteiger partial charge is 0.227 e. The molecule has 2 aromatic carbocycles. The quantitative estimate of drug-likeness (QED) is 0.875. The van der Waals surface area contributed by atoms with Gasteiger partial charge in [-0.2, -0.15) is 11.8 Å². The Morgan fingerprint density at radius 3 is 2.67 bits per heavy atom. The highest BCUT2D eigenvalue weighted by Gasteiger charge is 2.32. The van der Waals surface area contributed by atoms with Crippen molar-refractivity contribution < 1.29 is 9.53 Å². The number of benzene rings is 2. The molecular formula is C19H20ClNO2S. The molecule has 1 amide bonds. The normalized spacial score (nSPS) is 20.6. The Balaban J connectivity index is 1.73. The fourth-order valence-corrected chi connectivity index (χ4v) is 4.00. The van der Waals surface area contributed by atoms with Gasteiger partial charge in [0, 0.05) is 10.6 Å². The van der Waals surface area contributed by atoms with Crippen molar-refractivity contribution in [3.8, 4) is 5.75 Å². The molecular weight excluding hydrogens is 342 g/mol. The Bertz CT molecular complexity index is 720. The van der Waals surface area contributed by atoms with Crippen molar-refractivity contribution in [2.45, 2.75) is 24.1 Å². The summed E-state index contributed by atoms with van der Waals surface area (Å²) in [5.41, 5.74) is 2.09. The molecule has 0 spiro atoms. The van der Waals surface area contributed by atoms with E-state index in [4.69, 9.17) is 16.3 Å². The summed E-state index contributed by atoms with van der Waals surface area (Å²) in [5.74, 6) is 0.680. The van der Waals surface area contributed by atoms with Gasteiger partial charge in [-0.05, 0) is 36.9 Å². The molecule has 0 saturated carbocycles. The van der Waals surface area contributed by atoms with E-state index in [0.29, 0.717) is 11.6 Å². The third kappa shape index (κ3) is 3.55. The highest BCUT2D eigenvalue weighted by atomic mass is 35.5. The van der Waals surface area contributed by atoms with Crippen LogP contribution >= 0.6 is 23.4 Å². The number of hydrogen-bond donors (Lipinski definition) is 1. The van der Waals surface area contributed by atoms with E-state index in [2.05, 4.69) is 17.6 Å². The zero-order chi connectivity index (χ0) is 17.1. The van der Waals surface area contributed by atoms with Crippen molar-refractivity contribution in [2.75, 3.05) is 12.9 Å². The summed E-state index contributed by atoms with van der Waals surface area (Å²) >= 11 is 7.65. The lowest BCUT2D eigenvalue weighted by atomic mass is 9.98. The highest BCUT2D eigenvalue weighted by Crippen LogP contribution is 2.39. The third-order valence-corrected chi connectivity index (χ3v) is 5.70. The van der Waals surface area contributed by atoms with Gasteiger partial charge < -0.3 is 10.1 Å². The van der Waals surface area contributed by atoms with Crippen LogP contribution in [-0.2, 0) is 4.79 Å². The van der Waals surface area contributed by atoms with E-state index >= 15 is 0 Å². The summed E-state index contributed by atoms with van der Waals surface area (Å²) in [6, 6.07) is 15.4. The summed E-state index contributed by atoms with van der Waals surface area (Å²) in [5, 5.41) is 4.02. The lowest BCUT2D eigenvalue weighted by Gasteiger charge is -2.33. The van der Waals surface area contributed by atoms with Gasteiger partial charge in [0.1, 0.15) is 12.4 Å². The number of nitrogens with one attached hydrogen (secondary N) is 1. The molecule has 3 atom stereocenters. The minimum Gasteiger partial charge on any atom is -0.491 e. The molecule has 2 aromatic rings. The zero-order valence-electron chi connectivity index (χ0n) is 13.7. The van der Waals surface area contributed by atoms with Crippen molar-refractivity contribution in [1.82, 2.24) is 5.32 Å². The van der Waals surface area contributed by atoms with E-state index in [1.807, 2.05) is 49.4 Å². The summed E-state index contributed by atoms with van der Waals surface area (Å²) < 4.78 is 5.82. The Kier molecular flexibility index (Phi) is 5.36. The number of rotatable bonds is 4. The molecule has 1 aliphatic heterocycles. The Hall–Kier alpha value is -1.65. The average molecular weight is 362 g/mol. The van der Waals surface area contributed by atoms with E-state index in [9.17, 15) is 4.79 Å². The van der Waals surface area contributed by atoms with Gasteiger partial charge in [0.15, 0.2) is 0 Å². The first-order valence-electron chi connectivity index (χ1n) is 7.90. The van der Waals surface area contributed by atoms with Crippen LogP contribution in [0.25, 0.3) is 0 Å². The van der Waals surface area contributed by atoms with Gasteiger partial charge >= 0.3 is 0 Å². The van der Waals surface area contributed by atoms with Crippen LogP contribution in [0.1, 0.15) is 29.2 Å². The predicted octanol–water partition coefficient (Wildman–Crippen LogP) is 4.43. The van der Waals surface area contributed by atoms with E-state index in [1.165, 1.54) is 0 Å². The maximum Gasteiger partial charge on any atom is 0.227 e. The lowest BCUT2D eigenvalue weighted by molar-refractivity contribution is -0.123. The summed E-state index contributed by atoms with van der Waals surface area (Å²) in [6.45, 7) is 2.39. The average Bonchev–Trinajstić information content (AvgIpc) is 2.61. The van der Waals surface area contributed by atoms with E-state index in [1.54, 1.807) is 11.8 Å². The largest absolute Gasteiger partial charge is 0.491 e. The van der Waals surface area contributed by atoms with Crippen LogP contribution in [0.15, 0.2) is 48.5 Å². The van der Waals surface area contributed by atoms with E-state index in [-0.39, 0.29) is 23.1 Å². The molecule has 126 valence electrons. The number of halogens is 1. The van der Waals surface area contributed by atoms with Crippen LogP contribution in [0.5, 0.6) is 5.75 Å². The van der Waals surface area contributed by atoms with Crippen LogP contribution in [0.4, 0.5) is 0 Å². The first kappa shape index (κ1) is 17.2. The van der Waals surface area contributed by atoms with Crippen molar-refractivity contribution >= 4 is 29.3 Å². The second kappa shape index (κ2) is 7.49. The van der Waals surface area contributed by atoms with Gasteiger partial charge in [-0.15, -0.1) is 0 Å². The number of amides is 1.